The highest BCUT2D eigenvalue weighted by Gasteiger charge is 2.12. The van der Waals surface area contributed by atoms with Crippen LogP contribution in [0.3, 0.4) is 0 Å². The lowest BCUT2D eigenvalue weighted by molar-refractivity contribution is -0.117. The topological polar surface area (TPSA) is 58.9 Å². The van der Waals surface area contributed by atoms with Gasteiger partial charge in [-0.15, -0.1) is 0 Å². The normalized spacial score (nSPS) is 10.9. The second kappa shape index (κ2) is 6.89. The number of benzene rings is 3. The van der Waals surface area contributed by atoms with Crippen molar-refractivity contribution in [3.8, 4) is 22.3 Å². The molecule has 0 fully saturated rings. The summed E-state index contributed by atoms with van der Waals surface area (Å²) in [5.74, 6) is -0.277. The maximum Gasteiger partial charge on any atom is 0.217 e. The molecule has 3 N–H and O–H groups in total. The predicted molar refractivity (Wildman–Crippen MR) is 107 cm³/mol. The number of hydrogen-bond acceptors (Lipinski definition) is 1. The third-order valence-electron chi connectivity index (χ3n) is 4.74. The van der Waals surface area contributed by atoms with Crippen LogP contribution < -0.4 is 5.73 Å². The van der Waals surface area contributed by atoms with Gasteiger partial charge in [0.25, 0.3) is 0 Å². The summed E-state index contributed by atoms with van der Waals surface area (Å²) >= 11 is 0. The Morgan fingerprint density at radius 3 is 2.50 bits per heavy atom. The van der Waals surface area contributed by atoms with Crippen LogP contribution >= 0.6 is 0 Å². The Morgan fingerprint density at radius 1 is 0.846 bits per heavy atom. The standard InChI is InChI=1S/C23H20N2O/c24-23(26)12-10-18-15-17(16-5-2-1-3-6-16)9-11-19(18)20-7-4-8-22-21(20)13-14-25-22/h1-9,11,13-15,25H,10,12H2,(H2,24,26). The summed E-state index contributed by atoms with van der Waals surface area (Å²) in [5, 5.41) is 1.18. The van der Waals surface area contributed by atoms with Crippen LogP contribution in [0.25, 0.3) is 33.2 Å². The van der Waals surface area contributed by atoms with Gasteiger partial charge in [-0.2, -0.15) is 0 Å². The molecule has 3 aromatic carbocycles. The zero-order valence-electron chi connectivity index (χ0n) is 14.4. The molecular weight excluding hydrogens is 320 g/mol. The first kappa shape index (κ1) is 16.2. The number of carbonyl (C=O) groups is 1. The van der Waals surface area contributed by atoms with Gasteiger partial charge < -0.3 is 10.7 Å². The summed E-state index contributed by atoms with van der Waals surface area (Å²) in [5.41, 5.74) is 12.3. The lowest BCUT2D eigenvalue weighted by Gasteiger charge is -2.13. The number of H-pyrrole nitrogens is 1. The van der Waals surface area contributed by atoms with E-state index in [1.54, 1.807) is 0 Å². The number of carbonyl (C=O) groups excluding carboxylic acids is 1. The van der Waals surface area contributed by atoms with Gasteiger partial charge in [-0.1, -0.05) is 60.7 Å². The molecule has 0 radical (unpaired) electrons. The van der Waals surface area contributed by atoms with Crippen molar-refractivity contribution < 1.29 is 4.79 Å². The molecule has 0 aliphatic rings. The van der Waals surface area contributed by atoms with Crippen LogP contribution in [0.1, 0.15) is 12.0 Å². The summed E-state index contributed by atoms with van der Waals surface area (Å²) in [6, 6.07) is 25.1. The molecule has 0 bridgehead atoms. The van der Waals surface area contributed by atoms with Crippen molar-refractivity contribution in [1.82, 2.24) is 4.98 Å². The van der Waals surface area contributed by atoms with Crippen molar-refractivity contribution in [2.24, 2.45) is 5.73 Å². The number of aromatic nitrogens is 1. The summed E-state index contributed by atoms with van der Waals surface area (Å²) < 4.78 is 0. The molecule has 3 heteroatoms. The van der Waals surface area contributed by atoms with Crippen LogP contribution in [-0.4, -0.2) is 10.9 Å². The van der Waals surface area contributed by atoms with E-state index < -0.39 is 0 Å². The van der Waals surface area contributed by atoms with Crippen molar-refractivity contribution in [2.45, 2.75) is 12.8 Å². The average molecular weight is 340 g/mol. The first-order valence-corrected chi connectivity index (χ1v) is 8.75. The van der Waals surface area contributed by atoms with Gasteiger partial charge in [-0.3, -0.25) is 4.79 Å². The Morgan fingerprint density at radius 2 is 1.69 bits per heavy atom. The first-order chi connectivity index (χ1) is 12.7. The highest BCUT2D eigenvalue weighted by molar-refractivity contribution is 5.96. The molecule has 128 valence electrons. The Kier molecular flexibility index (Phi) is 4.28. The quantitative estimate of drug-likeness (QED) is 0.532. The largest absolute Gasteiger partial charge is 0.370 e. The molecule has 0 spiro atoms. The number of rotatable bonds is 5. The molecule has 1 heterocycles. The van der Waals surface area contributed by atoms with Gasteiger partial charge in [0, 0.05) is 23.5 Å². The van der Waals surface area contributed by atoms with Crippen LogP contribution in [-0.2, 0) is 11.2 Å². The minimum atomic E-state index is -0.277. The molecule has 1 aromatic heterocycles. The van der Waals surface area contributed by atoms with Gasteiger partial charge in [0.05, 0.1) is 0 Å². The molecule has 0 atom stereocenters. The van der Waals surface area contributed by atoms with Crippen molar-refractivity contribution >= 4 is 16.8 Å². The van der Waals surface area contributed by atoms with E-state index in [2.05, 4.69) is 59.6 Å². The predicted octanol–water partition coefficient (Wildman–Crippen LogP) is 4.92. The molecule has 26 heavy (non-hydrogen) atoms. The zero-order valence-corrected chi connectivity index (χ0v) is 14.4. The minimum absolute atomic E-state index is 0.277. The molecule has 0 aliphatic carbocycles. The Balaban J connectivity index is 1.85. The fourth-order valence-corrected chi connectivity index (χ4v) is 3.45. The number of aryl methyl sites for hydroxylation is 1. The van der Waals surface area contributed by atoms with E-state index >= 15 is 0 Å². The fraction of sp³-hybridized carbons (Fsp3) is 0.0870. The average Bonchev–Trinajstić information content (AvgIpc) is 3.16. The number of hydrogen-bond donors (Lipinski definition) is 2. The van der Waals surface area contributed by atoms with E-state index in [4.69, 9.17) is 5.73 Å². The maximum absolute atomic E-state index is 11.4. The third-order valence-corrected chi connectivity index (χ3v) is 4.74. The zero-order chi connectivity index (χ0) is 17.9. The van der Waals surface area contributed by atoms with Crippen molar-refractivity contribution in [3.05, 3.63) is 84.6 Å². The van der Waals surface area contributed by atoms with E-state index in [0.717, 1.165) is 22.2 Å². The molecule has 0 unspecified atom stereocenters. The Labute approximate surface area is 152 Å². The van der Waals surface area contributed by atoms with E-state index in [9.17, 15) is 4.79 Å². The van der Waals surface area contributed by atoms with E-state index in [-0.39, 0.29) is 5.91 Å². The van der Waals surface area contributed by atoms with Gasteiger partial charge in [-0.05, 0) is 46.4 Å². The maximum atomic E-state index is 11.4. The van der Waals surface area contributed by atoms with Gasteiger partial charge >= 0.3 is 0 Å². The number of amides is 1. The molecule has 1 amide bonds. The first-order valence-electron chi connectivity index (χ1n) is 8.75. The Bertz CT molecular complexity index is 1060. The second-order valence-corrected chi connectivity index (χ2v) is 6.45. The SMILES string of the molecule is NC(=O)CCc1cc(-c2ccccc2)ccc1-c1cccc2[nH]ccc12. The molecular formula is C23H20N2O. The van der Waals surface area contributed by atoms with Crippen molar-refractivity contribution in [1.29, 1.82) is 0 Å². The van der Waals surface area contributed by atoms with Crippen LogP contribution in [0.5, 0.6) is 0 Å². The summed E-state index contributed by atoms with van der Waals surface area (Å²) in [4.78, 5) is 14.6. The van der Waals surface area contributed by atoms with Crippen LogP contribution in [0.2, 0.25) is 0 Å². The summed E-state index contributed by atoms with van der Waals surface area (Å²) in [7, 11) is 0. The van der Waals surface area contributed by atoms with E-state index in [0.29, 0.717) is 12.8 Å². The molecule has 4 aromatic rings. The smallest absolute Gasteiger partial charge is 0.217 e. The van der Waals surface area contributed by atoms with Gasteiger partial charge in [0.2, 0.25) is 5.91 Å². The molecule has 3 nitrogen and oxygen atoms in total. The highest BCUT2D eigenvalue weighted by atomic mass is 16.1. The van der Waals surface area contributed by atoms with Gasteiger partial charge in [0.15, 0.2) is 0 Å². The fourth-order valence-electron chi connectivity index (χ4n) is 3.45. The molecule has 0 aliphatic heterocycles. The highest BCUT2D eigenvalue weighted by Crippen LogP contribution is 2.34. The minimum Gasteiger partial charge on any atom is -0.370 e. The number of primary amides is 1. The summed E-state index contributed by atoms with van der Waals surface area (Å²) in [6.07, 6.45) is 2.93. The number of fused-ring (bicyclic) bond motifs is 1. The Hall–Kier alpha value is -3.33. The monoisotopic (exact) mass is 340 g/mol. The number of nitrogens with one attached hydrogen (secondary N) is 1. The third kappa shape index (κ3) is 3.11. The second-order valence-electron chi connectivity index (χ2n) is 6.45. The van der Waals surface area contributed by atoms with Crippen molar-refractivity contribution in [2.75, 3.05) is 0 Å². The lowest BCUT2D eigenvalue weighted by atomic mass is 9.91. The lowest BCUT2D eigenvalue weighted by Crippen LogP contribution is -2.11. The molecule has 0 saturated heterocycles. The van der Waals surface area contributed by atoms with Crippen LogP contribution in [0.4, 0.5) is 0 Å². The van der Waals surface area contributed by atoms with Crippen molar-refractivity contribution in [3.63, 3.8) is 0 Å². The number of nitrogens with two attached hydrogens (primary N) is 1. The molecule has 0 saturated carbocycles. The van der Waals surface area contributed by atoms with Crippen LogP contribution in [0, 0.1) is 0 Å². The number of aromatic amines is 1. The van der Waals surface area contributed by atoms with E-state index in [1.807, 2.05) is 24.4 Å². The van der Waals surface area contributed by atoms with E-state index in [1.165, 1.54) is 16.5 Å². The summed E-state index contributed by atoms with van der Waals surface area (Å²) in [6.45, 7) is 0. The van der Waals surface area contributed by atoms with Gasteiger partial charge in [0.1, 0.15) is 0 Å². The molecule has 4 rings (SSSR count). The van der Waals surface area contributed by atoms with Crippen LogP contribution in [0.15, 0.2) is 79.0 Å². The van der Waals surface area contributed by atoms with Gasteiger partial charge in [-0.25, -0.2) is 0 Å².